The Kier molecular flexibility index (Phi) is 5.49. The third-order valence-electron chi connectivity index (χ3n) is 4.84. The Bertz CT molecular complexity index is 280. The van der Waals surface area contributed by atoms with Crippen LogP contribution in [0.15, 0.2) is 0 Å². The molecule has 2 aliphatic carbocycles. The van der Waals surface area contributed by atoms with Crippen LogP contribution in [0.2, 0.25) is 0 Å². The molecule has 2 aliphatic rings. The smallest absolute Gasteiger partial charge is 0.315 e. The number of methoxy groups -OCH3 is 1. The fourth-order valence-electron chi connectivity index (χ4n) is 3.75. The van der Waals surface area contributed by atoms with Crippen molar-refractivity contribution >= 4 is 6.03 Å². The maximum atomic E-state index is 11.9. The van der Waals surface area contributed by atoms with Gasteiger partial charge in [-0.3, -0.25) is 0 Å². The van der Waals surface area contributed by atoms with Crippen LogP contribution in [0.25, 0.3) is 0 Å². The van der Waals surface area contributed by atoms with Gasteiger partial charge >= 0.3 is 6.03 Å². The molecule has 19 heavy (non-hydrogen) atoms. The Labute approximate surface area is 116 Å². The van der Waals surface area contributed by atoms with Crippen LogP contribution in [0.1, 0.15) is 64.2 Å². The zero-order chi connectivity index (χ0) is 13.7. The predicted molar refractivity (Wildman–Crippen MR) is 76.0 cm³/mol. The molecule has 2 amide bonds. The number of urea groups is 1. The van der Waals surface area contributed by atoms with E-state index in [0.29, 0.717) is 18.2 Å². The third-order valence-corrected chi connectivity index (χ3v) is 4.84. The molecule has 2 rings (SSSR count). The molecular formula is C15H28N2O2. The quantitative estimate of drug-likeness (QED) is 0.800. The molecule has 0 aliphatic heterocycles. The molecule has 0 saturated heterocycles. The first-order valence-corrected chi connectivity index (χ1v) is 7.83. The zero-order valence-corrected chi connectivity index (χ0v) is 12.1. The second-order valence-corrected chi connectivity index (χ2v) is 6.06. The van der Waals surface area contributed by atoms with Crippen LogP contribution in [-0.4, -0.2) is 36.2 Å². The second-order valence-electron chi connectivity index (χ2n) is 6.06. The van der Waals surface area contributed by atoms with Crippen molar-refractivity contribution in [2.75, 3.05) is 7.11 Å². The maximum absolute atomic E-state index is 11.9. The molecule has 2 fully saturated rings. The Balaban J connectivity index is 1.97. The van der Waals surface area contributed by atoms with Crippen molar-refractivity contribution in [1.82, 2.24) is 4.90 Å². The molecule has 0 aromatic heterocycles. The summed E-state index contributed by atoms with van der Waals surface area (Å²) in [6, 6.07) is 0.504. The molecule has 4 heteroatoms. The summed E-state index contributed by atoms with van der Waals surface area (Å²) in [5.74, 6) is 0. The van der Waals surface area contributed by atoms with E-state index in [1.54, 1.807) is 7.11 Å². The van der Waals surface area contributed by atoms with E-state index in [0.717, 1.165) is 38.5 Å². The number of hydrogen-bond donors (Lipinski definition) is 1. The monoisotopic (exact) mass is 268 g/mol. The molecule has 0 unspecified atom stereocenters. The Morgan fingerprint density at radius 2 is 1.47 bits per heavy atom. The van der Waals surface area contributed by atoms with Gasteiger partial charge in [-0.15, -0.1) is 0 Å². The highest BCUT2D eigenvalue weighted by Gasteiger charge is 2.32. The van der Waals surface area contributed by atoms with Gasteiger partial charge in [-0.25, -0.2) is 4.79 Å². The first-order valence-electron chi connectivity index (χ1n) is 7.83. The highest BCUT2D eigenvalue weighted by atomic mass is 16.5. The number of rotatable bonds is 3. The molecule has 0 spiro atoms. The standard InChI is InChI=1S/C15H28N2O2/c1-19-14-10-8-13(9-11-14)17(15(16)18)12-6-4-2-3-5-7-12/h12-14H,2-11H2,1H3,(H2,16,18). The molecule has 0 aromatic carbocycles. The lowest BCUT2D eigenvalue weighted by atomic mass is 9.90. The van der Waals surface area contributed by atoms with E-state index >= 15 is 0 Å². The van der Waals surface area contributed by atoms with Crippen LogP contribution < -0.4 is 5.73 Å². The summed E-state index contributed by atoms with van der Waals surface area (Å²) >= 11 is 0. The van der Waals surface area contributed by atoms with Crippen LogP contribution in [0, 0.1) is 0 Å². The van der Waals surface area contributed by atoms with Gasteiger partial charge in [0.2, 0.25) is 0 Å². The van der Waals surface area contributed by atoms with Crippen LogP contribution in [0.3, 0.4) is 0 Å². The summed E-state index contributed by atoms with van der Waals surface area (Å²) in [6.07, 6.45) is 11.9. The van der Waals surface area contributed by atoms with E-state index in [4.69, 9.17) is 10.5 Å². The molecule has 0 aromatic rings. The van der Waals surface area contributed by atoms with Crippen molar-refractivity contribution in [3.8, 4) is 0 Å². The van der Waals surface area contributed by atoms with E-state index in [9.17, 15) is 4.79 Å². The van der Waals surface area contributed by atoms with Gasteiger partial charge in [0.05, 0.1) is 6.10 Å². The van der Waals surface area contributed by atoms with E-state index in [1.165, 1.54) is 25.7 Å². The van der Waals surface area contributed by atoms with E-state index in [1.807, 2.05) is 4.90 Å². The molecule has 2 N–H and O–H groups in total. The molecule has 110 valence electrons. The van der Waals surface area contributed by atoms with Gasteiger partial charge in [-0.05, 0) is 38.5 Å². The van der Waals surface area contributed by atoms with Gasteiger partial charge in [-0.1, -0.05) is 25.7 Å². The normalized spacial score (nSPS) is 29.7. The first kappa shape index (κ1) is 14.6. The summed E-state index contributed by atoms with van der Waals surface area (Å²) in [4.78, 5) is 13.9. The zero-order valence-electron chi connectivity index (χ0n) is 12.1. The van der Waals surface area contributed by atoms with Crippen molar-refractivity contribution in [2.24, 2.45) is 5.73 Å². The third kappa shape index (κ3) is 3.85. The number of ether oxygens (including phenoxy) is 1. The van der Waals surface area contributed by atoms with Gasteiger partial charge in [0.25, 0.3) is 0 Å². The fourth-order valence-corrected chi connectivity index (χ4v) is 3.75. The summed E-state index contributed by atoms with van der Waals surface area (Å²) < 4.78 is 5.41. The average molecular weight is 268 g/mol. The number of carbonyl (C=O) groups is 1. The van der Waals surface area contributed by atoms with Crippen molar-refractivity contribution in [3.63, 3.8) is 0 Å². The van der Waals surface area contributed by atoms with Gasteiger partial charge in [0, 0.05) is 19.2 Å². The van der Waals surface area contributed by atoms with Gasteiger partial charge < -0.3 is 15.4 Å². The number of primary amides is 1. The number of nitrogens with two attached hydrogens (primary N) is 1. The SMILES string of the molecule is COC1CCC(N(C(N)=O)C2CCCCCC2)CC1. The maximum Gasteiger partial charge on any atom is 0.315 e. The molecule has 0 heterocycles. The lowest BCUT2D eigenvalue weighted by Gasteiger charge is -2.40. The Morgan fingerprint density at radius 1 is 0.947 bits per heavy atom. The van der Waals surface area contributed by atoms with E-state index in [-0.39, 0.29) is 6.03 Å². The topological polar surface area (TPSA) is 55.6 Å². The summed E-state index contributed by atoms with van der Waals surface area (Å²) in [5.41, 5.74) is 5.67. The average Bonchev–Trinajstić information content (AvgIpc) is 2.68. The molecule has 0 radical (unpaired) electrons. The van der Waals surface area contributed by atoms with Crippen LogP contribution in [0.4, 0.5) is 4.79 Å². The van der Waals surface area contributed by atoms with E-state index in [2.05, 4.69) is 0 Å². The molecule has 2 saturated carbocycles. The van der Waals surface area contributed by atoms with Crippen LogP contribution >= 0.6 is 0 Å². The minimum atomic E-state index is -0.215. The largest absolute Gasteiger partial charge is 0.381 e. The van der Waals surface area contributed by atoms with Crippen molar-refractivity contribution in [2.45, 2.75) is 82.4 Å². The first-order chi connectivity index (χ1) is 9.22. The number of amides is 2. The fraction of sp³-hybridized carbons (Fsp3) is 0.933. The summed E-state index contributed by atoms with van der Waals surface area (Å²) in [5, 5.41) is 0. The number of hydrogen-bond acceptors (Lipinski definition) is 2. The minimum absolute atomic E-state index is 0.215. The van der Waals surface area contributed by atoms with Crippen LogP contribution in [-0.2, 0) is 4.74 Å². The van der Waals surface area contributed by atoms with Gasteiger partial charge in [0.15, 0.2) is 0 Å². The molecule has 0 atom stereocenters. The van der Waals surface area contributed by atoms with Gasteiger partial charge in [0.1, 0.15) is 0 Å². The Morgan fingerprint density at radius 3 is 1.95 bits per heavy atom. The summed E-state index contributed by atoms with van der Waals surface area (Å²) in [7, 11) is 1.78. The number of carbonyl (C=O) groups excluding carboxylic acids is 1. The Hall–Kier alpha value is -0.770. The van der Waals surface area contributed by atoms with Crippen LogP contribution in [0.5, 0.6) is 0 Å². The number of nitrogens with zero attached hydrogens (tertiary/aromatic N) is 1. The van der Waals surface area contributed by atoms with Crippen molar-refractivity contribution < 1.29 is 9.53 Å². The van der Waals surface area contributed by atoms with Gasteiger partial charge in [-0.2, -0.15) is 0 Å². The molecule has 4 nitrogen and oxygen atoms in total. The highest BCUT2D eigenvalue weighted by Crippen LogP contribution is 2.30. The lowest BCUT2D eigenvalue weighted by Crippen LogP contribution is -2.51. The minimum Gasteiger partial charge on any atom is -0.381 e. The van der Waals surface area contributed by atoms with Crippen molar-refractivity contribution in [3.05, 3.63) is 0 Å². The van der Waals surface area contributed by atoms with Crippen molar-refractivity contribution in [1.29, 1.82) is 0 Å². The highest BCUT2D eigenvalue weighted by molar-refractivity contribution is 5.72. The molecule has 0 bridgehead atoms. The molecular weight excluding hydrogens is 240 g/mol. The van der Waals surface area contributed by atoms with E-state index < -0.39 is 0 Å². The lowest BCUT2D eigenvalue weighted by molar-refractivity contribution is 0.0370. The summed E-state index contributed by atoms with van der Waals surface area (Å²) in [6.45, 7) is 0. The predicted octanol–water partition coefficient (Wildman–Crippen LogP) is 3.05. The second kappa shape index (κ2) is 7.13.